The molecule has 0 aliphatic heterocycles. The molecule has 0 rings (SSSR count). The molecule has 1 atom stereocenters. The molecule has 0 saturated carbocycles. The third-order valence-corrected chi connectivity index (χ3v) is 1.34. The van der Waals surface area contributed by atoms with E-state index in [4.69, 9.17) is 0 Å². The third-order valence-electron chi connectivity index (χ3n) is 1.34. The molecular formula is C6H21AlNP. The summed E-state index contributed by atoms with van der Waals surface area (Å²) in [5.74, 6) is 0. The summed E-state index contributed by atoms with van der Waals surface area (Å²) >= 11 is 0. The number of rotatable bonds is 3. The van der Waals surface area contributed by atoms with Crippen LogP contribution in [0.2, 0.25) is 0 Å². The Morgan fingerprint density at radius 3 is 1.11 bits per heavy atom. The Hall–Kier alpha value is 0.922. The Morgan fingerprint density at radius 2 is 1.11 bits per heavy atom. The van der Waals surface area contributed by atoms with E-state index in [9.17, 15) is 0 Å². The van der Waals surface area contributed by atoms with Crippen LogP contribution in [-0.2, 0) is 0 Å². The summed E-state index contributed by atoms with van der Waals surface area (Å²) in [5.41, 5.74) is 0. The average Bonchev–Trinajstić information content (AvgIpc) is 1.72. The molecule has 58 valence electrons. The Bertz CT molecular complexity index is 34.5. The van der Waals surface area contributed by atoms with Crippen LogP contribution in [0.4, 0.5) is 0 Å². The predicted octanol–water partition coefficient (Wildman–Crippen LogP) is 0.222. The molecule has 0 N–H and O–H groups in total. The average molecular weight is 165 g/mol. The molecule has 9 heavy (non-hydrogen) atoms. The van der Waals surface area contributed by atoms with E-state index in [0.29, 0.717) is 0 Å². The number of hydrogen-bond donors (Lipinski definition) is 0. The monoisotopic (exact) mass is 165 g/mol. The first kappa shape index (κ1) is 16.5. The van der Waals surface area contributed by atoms with E-state index >= 15 is 0 Å². The smallest absolute Gasteiger partial charge is 0.187 e. The minimum atomic E-state index is 0. The lowest BCUT2D eigenvalue weighted by Gasteiger charge is -2.13. The van der Waals surface area contributed by atoms with Gasteiger partial charge < -0.3 is 4.90 Å². The molecule has 0 aromatic heterocycles. The van der Waals surface area contributed by atoms with Crippen molar-refractivity contribution in [3.8, 4) is 0 Å². The molecule has 1 unspecified atom stereocenters. The minimum absolute atomic E-state index is 0. The second kappa shape index (κ2) is 11.7. The van der Waals surface area contributed by atoms with Gasteiger partial charge in [0.25, 0.3) is 0 Å². The molecule has 0 heterocycles. The van der Waals surface area contributed by atoms with E-state index in [1.54, 1.807) is 0 Å². The predicted molar refractivity (Wildman–Crippen MR) is 54.5 cm³/mol. The van der Waals surface area contributed by atoms with E-state index < -0.39 is 0 Å². The van der Waals surface area contributed by atoms with Crippen LogP contribution in [0.25, 0.3) is 0 Å². The molecule has 1 nitrogen and oxygen atoms in total. The van der Waals surface area contributed by atoms with Gasteiger partial charge in [-0.25, -0.2) is 0 Å². The normalized spacial score (nSPS) is 8.00. The van der Waals surface area contributed by atoms with Crippen LogP contribution in [0.15, 0.2) is 0 Å². The molecule has 0 radical (unpaired) electrons. The van der Waals surface area contributed by atoms with Gasteiger partial charge in [0.15, 0.2) is 17.4 Å². The number of hydrogen-bond acceptors (Lipinski definition) is 1. The summed E-state index contributed by atoms with van der Waals surface area (Å²) in [6.07, 6.45) is 0. The molecule has 0 spiro atoms. The zero-order valence-electron chi connectivity index (χ0n) is 6.28. The first-order valence-corrected chi connectivity index (χ1v) is 3.07. The molecule has 0 bridgehead atoms. The standard InChI is InChI=1S/C6H15N.Al.H3P.3H/c1-4-7(5-2)6-3;;;;;/h4-6H2,1-3H3;;1H3;;;. The van der Waals surface area contributed by atoms with Crippen molar-refractivity contribution in [1.29, 1.82) is 0 Å². The molecule has 0 aliphatic rings. The van der Waals surface area contributed by atoms with Gasteiger partial charge in [0.05, 0.1) is 0 Å². The van der Waals surface area contributed by atoms with E-state index in [2.05, 4.69) is 25.7 Å². The first-order valence-electron chi connectivity index (χ1n) is 3.07. The van der Waals surface area contributed by atoms with E-state index in [1.165, 1.54) is 19.6 Å². The van der Waals surface area contributed by atoms with Crippen LogP contribution in [0.1, 0.15) is 20.8 Å². The van der Waals surface area contributed by atoms with Crippen molar-refractivity contribution in [1.82, 2.24) is 4.90 Å². The Balaban J connectivity index is -0.000000180. The fraction of sp³-hybridized carbons (Fsp3) is 1.00. The first-order chi connectivity index (χ1) is 3.35. The quantitative estimate of drug-likeness (QED) is 0.427. The van der Waals surface area contributed by atoms with Gasteiger partial charge in [-0.05, 0) is 19.6 Å². The molecule has 0 aliphatic carbocycles. The summed E-state index contributed by atoms with van der Waals surface area (Å²) in [6, 6.07) is 0. The van der Waals surface area contributed by atoms with Crippen LogP contribution in [-0.4, -0.2) is 41.9 Å². The maximum absolute atomic E-state index is 2.38. The van der Waals surface area contributed by atoms with E-state index in [0.717, 1.165) is 0 Å². The summed E-state index contributed by atoms with van der Waals surface area (Å²) < 4.78 is 0. The topological polar surface area (TPSA) is 3.24 Å². The Morgan fingerprint density at radius 1 is 0.889 bits per heavy atom. The second-order valence-corrected chi connectivity index (χ2v) is 1.62. The van der Waals surface area contributed by atoms with Crippen LogP contribution in [0.3, 0.4) is 0 Å². The number of nitrogens with zero attached hydrogens (tertiary/aromatic N) is 1. The van der Waals surface area contributed by atoms with Crippen LogP contribution < -0.4 is 0 Å². The van der Waals surface area contributed by atoms with Gasteiger partial charge in [0.2, 0.25) is 0 Å². The van der Waals surface area contributed by atoms with Crippen LogP contribution in [0, 0.1) is 0 Å². The largest absolute Gasteiger partial charge is 0.304 e. The van der Waals surface area contributed by atoms with Crippen molar-refractivity contribution in [3.05, 3.63) is 0 Å². The lowest BCUT2D eigenvalue weighted by Crippen LogP contribution is -2.21. The fourth-order valence-corrected chi connectivity index (χ4v) is 0.671. The van der Waals surface area contributed by atoms with Crippen molar-refractivity contribution in [2.75, 3.05) is 19.6 Å². The van der Waals surface area contributed by atoms with Crippen molar-refractivity contribution < 1.29 is 0 Å². The highest BCUT2D eigenvalue weighted by Gasteiger charge is 1.89. The molecule has 0 saturated heterocycles. The van der Waals surface area contributed by atoms with Crippen LogP contribution >= 0.6 is 9.90 Å². The van der Waals surface area contributed by atoms with Gasteiger partial charge in [-0.2, -0.15) is 9.90 Å². The molecular weight excluding hydrogens is 144 g/mol. The zero-order valence-corrected chi connectivity index (χ0v) is 7.69. The third kappa shape index (κ3) is 8.92. The summed E-state index contributed by atoms with van der Waals surface area (Å²) in [6.45, 7) is 10.1. The van der Waals surface area contributed by atoms with Gasteiger partial charge in [0.1, 0.15) is 0 Å². The molecule has 0 fully saturated rings. The highest BCUT2D eigenvalue weighted by atomic mass is 31.0. The van der Waals surface area contributed by atoms with E-state index in [1.807, 2.05) is 0 Å². The molecule has 0 aromatic carbocycles. The van der Waals surface area contributed by atoms with Gasteiger partial charge in [-0.3, -0.25) is 0 Å². The molecule has 3 heteroatoms. The summed E-state index contributed by atoms with van der Waals surface area (Å²) in [5, 5.41) is 0. The van der Waals surface area contributed by atoms with Gasteiger partial charge in [0, 0.05) is 0 Å². The van der Waals surface area contributed by atoms with Crippen molar-refractivity contribution in [2.45, 2.75) is 20.8 Å². The zero-order chi connectivity index (χ0) is 5.70. The van der Waals surface area contributed by atoms with Gasteiger partial charge >= 0.3 is 0 Å². The molecule has 0 amide bonds. The fourth-order valence-electron chi connectivity index (χ4n) is 0.671. The van der Waals surface area contributed by atoms with Crippen molar-refractivity contribution in [3.63, 3.8) is 0 Å². The summed E-state index contributed by atoms with van der Waals surface area (Å²) in [7, 11) is 0. The molecule has 0 aromatic rings. The van der Waals surface area contributed by atoms with Crippen molar-refractivity contribution in [2.24, 2.45) is 0 Å². The highest BCUT2D eigenvalue weighted by molar-refractivity contribution is 6.92. The lowest BCUT2D eigenvalue weighted by atomic mass is 10.5. The Kier molecular flexibility index (Phi) is 21.4. The van der Waals surface area contributed by atoms with Crippen molar-refractivity contribution >= 4 is 27.3 Å². The highest BCUT2D eigenvalue weighted by Crippen LogP contribution is 1.81. The van der Waals surface area contributed by atoms with Crippen LogP contribution in [0.5, 0.6) is 0 Å². The van der Waals surface area contributed by atoms with E-state index in [-0.39, 0.29) is 27.3 Å². The van der Waals surface area contributed by atoms with Gasteiger partial charge in [-0.1, -0.05) is 20.8 Å². The maximum Gasteiger partial charge on any atom is 0.187 e. The Labute approximate surface area is 72.9 Å². The van der Waals surface area contributed by atoms with Gasteiger partial charge in [-0.15, -0.1) is 0 Å². The summed E-state index contributed by atoms with van der Waals surface area (Å²) in [4.78, 5) is 2.38. The maximum atomic E-state index is 2.38. The lowest BCUT2D eigenvalue weighted by molar-refractivity contribution is 0.321. The SMILES string of the molecule is CCN(CC)CC.P.[AlH3]. The second-order valence-electron chi connectivity index (χ2n) is 1.62. The minimum Gasteiger partial charge on any atom is -0.304 e.